The number of amides is 1. The molecule has 0 spiro atoms. The van der Waals surface area contributed by atoms with Crippen molar-refractivity contribution in [1.29, 1.82) is 0 Å². The molecule has 0 radical (unpaired) electrons. The van der Waals surface area contributed by atoms with E-state index < -0.39 is 0 Å². The van der Waals surface area contributed by atoms with Gasteiger partial charge in [-0.15, -0.1) is 24.8 Å². The van der Waals surface area contributed by atoms with Gasteiger partial charge in [0.1, 0.15) is 0 Å². The molecule has 3 aliphatic rings. The smallest absolute Gasteiger partial charge is 0.226 e. The predicted molar refractivity (Wildman–Crippen MR) is 90.5 cm³/mol. The Morgan fingerprint density at radius 3 is 2.24 bits per heavy atom. The third-order valence-corrected chi connectivity index (χ3v) is 5.04. The van der Waals surface area contributed by atoms with E-state index in [-0.39, 0.29) is 30.7 Å². The van der Waals surface area contributed by atoms with Gasteiger partial charge in [-0.2, -0.15) is 0 Å². The molecule has 1 amide bonds. The molecule has 1 unspecified atom stereocenters. The highest BCUT2D eigenvalue weighted by Crippen LogP contribution is 2.24. The van der Waals surface area contributed by atoms with E-state index in [1.165, 1.54) is 38.6 Å². The number of halogens is 2. The van der Waals surface area contributed by atoms with Gasteiger partial charge in [-0.05, 0) is 58.2 Å². The average Bonchev–Trinajstić information content (AvgIpc) is 3.02. The lowest BCUT2D eigenvalue weighted by molar-refractivity contribution is -0.136. The summed E-state index contributed by atoms with van der Waals surface area (Å²) >= 11 is 0. The minimum Gasteiger partial charge on any atom is -0.342 e. The number of rotatable bonds is 2. The van der Waals surface area contributed by atoms with E-state index in [2.05, 4.69) is 15.1 Å². The summed E-state index contributed by atoms with van der Waals surface area (Å²) < 4.78 is 0. The Bertz CT molecular complexity index is 318. The number of carbonyl (C=O) groups excluding carboxylic acids is 1. The van der Waals surface area contributed by atoms with Crippen LogP contribution in [0.4, 0.5) is 0 Å². The molecule has 3 fully saturated rings. The quantitative estimate of drug-likeness (QED) is 0.836. The molecule has 0 bridgehead atoms. The maximum absolute atomic E-state index is 12.5. The number of carbonyl (C=O) groups is 1. The lowest BCUT2D eigenvalue weighted by Gasteiger charge is -2.40. The van der Waals surface area contributed by atoms with Crippen LogP contribution in [0, 0.1) is 5.92 Å². The summed E-state index contributed by atoms with van der Waals surface area (Å²) in [6, 6.07) is 0.718. The first-order valence-electron chi connectivity index (χ1n) is 8.08. The molecule has 0 aromatic heterocycles. The lowest BCUT2D eigenvalue weighted by atomic mass is 9.93. The fraction of sp³-hybridized carbons (Fsp3) is 0.933. The Kier molecular flexibility index (Phi) is 8.32. The van der Waals surface area contributed by atoms with E-state index >= 15 is 0 Å². The third kappa shape index (κ3) is 4.72. The summed E-state index contributed by atoms with van der Waals surface area (Å²) in [6.45, 7) is 6.51. The number of hydrogen-bond donors (Lipinski definition) is 1. The summed E-state index contributed by atoms with van der Waals surface area (Å²) in [4.78, 5) is 17.2. The molecule has 1 atom stereocenters. The van der Waals surface area contributed by atoms with Crippen LogP contribution in [-0.4, -0.2) is 61.0 Å². The maximum Gasteiger partial charge on any atom is 0.226 e. The molecule has 0 aliphatic carbocycles. The van der Waals surface area contributed by atoms with Crippen LogP contribution in [0.2, 0.25) is 0 Å². The van der Waals surface area contributed by atoms with Crippen LogP contribution in [0.1, 0.15) is 38.5 Å². The second-order valence-electron chi connectivity index (χ2n) is 6.35. The molecule has 3 saturated heterocycles. The van der Waals surface area contributed by atoms with Crippen molar-refractivity contribution in [3.63, 3.8) is 0 Å². The SMILES string of the molecule is Cl.Cl.O=C(C1CCCN(C2CCNCC2)C1)N1CCCC1. The van der Waals surface area contributed by atoms with Crippen molar-refractivity contribution >= 4 is 30.7 Å². The predicted octanol–water partition coefficient (Wildman–Crippen LogP) is 1.92. The van der Waals surface area contributed by atoms with E-state index in [9.17, 15) is 4.79 Å². The summed E-state index contributed by atoms with van der Waals surface area (Å²) in [5, 5.41) is 3.43. The largest absolute Gasteiger partial charge is 0.342 e. The zero-order chi connectivity index (χ0) is 13.1. The van der Waals surface area contributed by atoms with Gasteiger partial charge in [-0.3, -0.25) is 9.69 Å². The van der Waals surface area contributed by atoms with Gasteiger partial charge in [0, 0.05) is 25.7 Å². The molecule has 3 rings (SSSR count). The van der Waals surface area contributed by atoms with Crippen molar-refractivity contribution in [1.82, 2.24) is 15.1 Å². The van der Waals surface area contributed by atoms with Crippen LogP contribution in [0.25, 0.3) is 0 Å². The monoisotopic (exact) mass is 337 g/mol. The maximum atomic E-state index is 12.5. The van der Waals surface area contributed by atoms with E-state index in [0.717, 1.165) is 45.2 Å². The summed E-state index contributed by atoms with van der Waals surface area (Å²) in [6.07, 6.45) is 7.23. The van der Waals surface area contributed by atoms with E-state index in [4.69, 9.17) is 0 Å². The topological polar surface area (TPSA) is 35.6 Å². The Labute approximate surface area is 140 Å². The molecular formula is C15H29Cl2N3O. The van der Waals surface area contributed by atoms with Crippen LogP contribution in [0.5, 0.6) is 0 Å². The average molecular weight is 338 g/mol. The first kappa shape index (κ1) is 19.0. The minimum absolute atomic E-state index is 0. The van der Waals surface area contributed by atoms with Gasteiger partial charge in [-0.25, -0.2) is 0 Å². The first-order valence-corrected chi connectivity index (χ1v) is 8.08. The van der Waals surface area contributed by atoms with Gasteiger partial charge in [0.05, 0.1) is 5.92 Å². The summed E-state index contributed by atoms with van der Waals surface area (Å²) in [7, 11) is 0. The zero-order valence-corrected chi connectivity index (χ0v) is 14.4. The second kappa shape index (κ2) is 9.19. The fourth-order valence-electron chi connectivity index (χ4n) is 3.91. The number of hydrogen-bond acceptors (Lipinski definition) is 3. The molecule has 21 heavy (non-hydrogen) atoms. The van der Waals surface area contributed by atoms with Gasteiger partial charge < -0.3 is 10.2 Å². The van der Waals surface area contributed by atoms with E-state index in [0.29, 0.717) is 5.91 Å². The van der Waals surface area contributed by atoms with Gasteiger partial charge in [0.2, 0.25) is 5.91 Å². The molecule has 0 saturated carbocycles. The highest BCUT2D eigenvalue weighted by molar-refractivity contribution is 5.85. The van der Waals surface area contributed by atoms with Crippen molar-refractivity contribution in [3.8, 4) is 0 Å². The van der Waals surface area contributed by atoms with Crippen LogP contribution < -0.4 is 5.32 Å². The van der Waals surface area contributed by atoms with Crippen LogP contribution >= 0.6 is 24.8 Å². The zero-order valence-electron chi connectivity index (χ0n) is 12.8. The van der Waals surface area contributed by atoms with Gasteiger partial charge in [-0.1, -0.05) is 0 Å². The molecule has 124 valence electrons. The molecule has 1 N–H and O–H groups in total. The van der Waals surface area contributed by atoms with Crippen molar-refractivity contribution in [2.24, 2.45) is 5.92 Å². The second-order valence-corrected chi connectivity index (χ2v) is 6.35. The fourth-order valence-corrected chi connectivity index (χ4v) is 3.91. The summed E-state index contributed by atoms with van der Waals surface area (Å²) in [5.74, 6) is 0.720. The van der Waals surface area contributed by atoms with Crippen molar-refractivity contribution in [2.45, 2.75) is 44.6 Å². The molecule has 3 heterocycles. The highest BCUT2D eigenvalue weighted by Gasteiger charge is 2.33. The normalized spacial score (nSPS) is 27.8. The number of likely N-dealkylation sites (tertiary alicyclic amines) is 2. The van der Waals surface area contributed by atoms with Crippen molar-refractivity contribution < 1.29 is 4.79 Å². The Morgan fingerprint density at radius 1 is 0.905 bits per heavy atom. The Hall–Kier alpha value is -0.0300. The summed E-state index contributed by atoms with van der Waals surface area (Å²) in [5.41, 5.74) is 0. The van der Waals surface area contributed by atoms with E-state index in [1.54, 1.807) is 0 Å². The minimum atomic E-state index is 0. The Morgan fingerprint density at radius 2 is 1.57 bits per heavy atom. The van der Waals surface area contributed by atoms with Gasteiger partial charge in [0.25, 0.3) is 0 Å². The molecular weight excluding hydrogens is 309 g/mol. The molecule has 6 heteroatoms. The van der Waals surface area contributed by atoms with Crippen LogP contribution in [0.15, 0.2) is 0 Å². The molecule has 3 aliphatic heterocycles. The van der Waals surface area contributed by atoms with Gasteiger partial charge in [0.15, 0.2) is 0 Å². The van der Waals surface area contributed by atoms with Crippen LogP contribution in [0.3, 0.4) is 0 Å². The highest BCUT2D eigenvalue weighted by atomic mass is 35.5. The standard InChI is InChI=1S/C15H27N3O.2ClH/c19-15(17-9-1-2-10-17)13-4-3-11-18(12-13)14-5-7-16-8-6-14;;/h13-14,16H,1-12H2;2*1H. The number of nitrogens with zero attached hydrogens (tertiary/aromatic N) is 2. The first-order chi connectivity index (χ1) is 9.34. The van der Waals surface area contributed by atoms with Crippen molar-refractivity contribution in [2.75, 3.05) is 39.3 Å². The van der Waals surface area contributed by atoms with Gasteiger partial charge >= 0.3 is 0 Å². The van der Waals surface area contributed by atoms with E-state index in [1.807, 2.05) is 0 Å². The molecule has 0 aromatic rings. The lowest BCUT2D eigenvalue weighted by Crippen LogP contribution is -2.50. The molecule has 4 nitrogen and oxygen atoms in total. The van der Waals surface area contributed by atoms with Crippen LogP contribution in [-0.2, 0) is 4.79 Å². The number of piperidine rings is 2. The van der Waals surface area contributed by atoms with Crippen molar-refractivity contribution in [3.05, 3.63) is 0 Å². The third-order valence-electron chi connectivity index (χ3n) is 5.04. The number of nitrogens with one attached hydrogen (secondary N) is 1. The molecule has 0 aromatic carbocycles. The Balaban J connectivity index is 0.00000110.